The molecule has 1 saturated heterocycles. The Morgan fingerprint density at radius 2 is 2.13 bits per heavy atom. The fraction of sp³-hybridized carbons (Fsp3) is 0.545. The Morgan fingerprint density at radius 1 is 1.47 bits per heavy atom. The van der Waals surface area contributed by atoms with E-state index in [1.165, 1.54) is 0 Å². The highest BCUT2D eigenvalue weighted by molar-refractivity contribution is 5.89. The Bertz CT molecular complexity index is 344. The molecule has 15 heavy (non-hydrogen) atoms. The third-order valence-corrected chi connectivity index (χ3v) is 2.87. The molecule has 4 nitrogen and oxygen atoms in total. The Labute approximate surface area is 89.6 Å². The summed E-state index contributed by atoms with van der Waals surface area (Å²) < 4.78 is 1.84. The second kappa shape index (κ2) is 4.06. The molecule has 1 aromatic rings. The lowest BCUT2D eigenvalue weighted by Crippen LogP contribution is -2.39. The molecule has 1 amide bonds. The maximum atomic E-state index is 11.8. The largest absolute Gasteiger partial charge is 0.306 e. The molecule has 2 N–H and O–H groups in total. The highest BCUT2D eigenvalue weighted by Crippen LogP contribution is 2.08. The number of nitrogens with zero attached hydrogens (tertiary/aromatic N) is 1. The minimum Gasteiger partial charge on any atom is -0.306 e. The molecule has 0 bridgehead atoms. The van der Waals surface area contributed by atoms with Crippen LogP contribution in [-0.4, -0.2) is 23.2 Å². The van der Waals surface area contributed by atoms with Crippen molar-refractivity contribution in [2.24, 2.45) is 0 Å². The van der Waals surface area contributed by atoms with Crippen molar-refractivity contribution in [1.29, 1.82) is 0 Å². The Morgan fingerprint density at radius 3 is 2.67 bits per heavy atom. The maximum Gasteiger partial charge on any atom is 0.255 e. The summed E-state index contributed by atoms with van der Waals surface area (Å²) in [5, 5.41) is 3.18. The molecule has 2 rings (SSSR count). The lowest BCUT2D eigenvalue weighted by molar-refractivity contribution is -0.118. The molecule has 0 aliphatic carbocycles. The van der Waals surface area contributed by atoms with E-state index >= 15 is 0 Å². The number of aromatic nitrogens is 1. The van der Waals surface area contributed by atoms with Crippen LogP contribution in [0.5, 0.6) is 0 Å². The van der Waals surface area contributed by atoms with Gasteiger partial charge in [0.15, 0.2) is 0 Å². The van der Waals surface area contributed by atoms with E-state index < -0.39 is 0 Å². The molecule has 0 aromatic carbocycles. The van der Waals surface area contributed by atoms with Gasteiger partial charge in [0.05, 0.1) is 6.04 Å². The van der Waals surface area contributed by atoms with Crippen molar-refractivity contribution < 1.29 is 4.79 Å². The van der Waals surface area contributed by atoms with Gasteiger partial charge in [0, 0.05) is 11.4 Å². The highest BCUT2D eigenvalue weighted by Gasteiger charge is 2.22. The normalized spacial score (nSPS) is 20.5. The summed E-state index contributed by atoms with van der Waals surface area (Å²) in [5.41, 5.74) is 5.02. The summed E-state index contributed by atoms with van der Waals surface area (Å²) in [6, 6.07) is 3.97. The van der Waals surface area contributed by atoms with E-state index in [0.29, 0.717) is 0 Å². The molecule has 1 unspecified atom stereocenters. The van der Waals surface area contributed by atoms with E-state index in [0.717, 1.165) is 30.8 Å². The van der Waals surface area contributed by atoms with Crippen molar-refractivity contribution >= 4 is 5.91 Å². The zero-order chi connectivity index (χ0) is 10.8. The zero-order valence-corrected chi connectivity index (χ0v) is 9.21. The molecule has 4 heteroatoms. The van der Waals surface area contributed by atoms with E-state index in [2.05, 4.69) is 10.7 Å². The molecule has 82 valence electrons. The standard InChI is InChI=1S/C11H17N3O/c1-8-5-6-9(2)14(8)13-11(15)10-4-3-7-12-10/h5-6,10,12H,3-4,7H2,1-2H3,(H,13,15). The zero-order valence-electron chi connectivity index (χ0n) is 9.21. The number of aryl methyl sites for hydroxylation is 2. The first-order chi connectivity index (χ1) is 7.18. The van der Waals surface area contributed by atoms with Gasteiger partial charge in [-0.2, -0.15) is 0 Å². The topological polar surface area (TPSA) is 46.1 Å². The van der Waals surface area contributed by atoms with E-state index in [1.54, 1.807) is 0 Å². The molecular weight excluding hydrogens is 190 g/mol. The second-order valence-corrected chi connectivity index (χ2v) is 4.08. The predicted octanol–water partition coefficient (Wildman–Crippen LogP) is 0.927. The minimum absolute atomic E-state index is 0.0220. The summed E-state index contributed by atoms with van der Waals surface area (Å²) in [6.07, 6.45) is 2.02. The van der Waals surface area contributed by atoms with Gasteiger partial charge in [-0.15, -0.1) is 0 Å². The van der Waals surface area contributed by atoms with E-state index in [4.69, 9.17) is 0 Å². The number of nitrogens with one attached hydrogen (secondary N) is 2. The smallest absolute Gasteiger partial charge is 0.255 e. The Kier molecular flexibility index (Phi) is 2.77. The Hall–Kier alpha value is -1.29. The summed E-state index contributed by atoms with van der Waals surface area (Å²) in [4.78, 5) is 11.8. The molecule has 1 aromatic heterocycles. The van der Waals surface area contributed by atoms with Gasteiger partial charge in [-0.3, -0.25) is 14.9 Å². The van der Waals surface area contributed by atoms with Gasteiger partial charge in [-0.25, -0.2) is 0 Å². The predicted molar refractivity (Wildman–Crippen MR) is 59.3 cm³/mol. The SMILES string of the molecule is Cc1ccc(C)n1NC(=O)C1CCCN1. The Balaban J connectivity index is 2.05. The number of rotatable bonds is 2. The molecule has 1 aliphatic rings. The molecule has 1 atom stereocenters. The fourth-order valence-corrected chi connectivity index (χ4v) is 1.94. The van der Waals surface area contributed by atoms with E-state index in [9.17, 15) is 4.79 Å². The van der Waals surface area contributed by atoms with Gasteiger partial charge < -0.3 is 5.32 Å². The molecule has 0 radical (unpaired) electrons. The van der Waals surface area contributed by atoms with Gasteiger partial charge in [0.25, 0.3) is 5.91 Å². The van der Waals surface area contributed by atoms with Crippen molar-refractivity contribution in [3.8, 4) is 0 Å². The van der Waals surface area contributed by atoms with Crippen molar-refractivity contribution in [3.63, 3.8) is 0 Å². The average Bonchev–Trinajstić information content (AvgIpc) is 2.82. The van der Waals surface area contributed by atoms with Crippen LogP contribution in [0.4, 0.5) is 0 Å². The van der Waals surface area contributed by atoms with Crippen LogP contribution >= 0.6 is 0 Å². The van der Waals surface area contributed by atoms with Gasteiger partial charge in [-0.1, -0.05) is 0 Å². The van der Waals surface area contributed by atoms with Crippen LogP contribution in [0.15, 0.2) is 12.1 Å². The fourth-order valence-electron chi connectivity index (χ4n) is 1.94. The molecule has 2 heterocycles. The lowest BCUT2D eigenvalue weighted by Gasteiger charge is -2.14. The molecule has 1 fully saturated rings. The van der Waals surface area contributed by atoms with Crippen molar-refractivity contribution in [2.45, 2.75) is 32.7 Å². The van der Waals surface area contributed by atoms with Crippen LogP contribution in [0.2, 0.25) is 0 Å². The number of carbonyl (C=O) groups excluding carboxylic acids is 1. The van der Waals surface area contributed by atoms with E-state index in [1.807, 2.05) is 30.7 Å². The summed E-state index contributed by atoms with van der Waals surface area (Å²) in [7, 11) is 0. The first-order valence-electron chi connectivity index (χ1n) is 5.37. The minimum atomic E-state index is -0.0220. The van der Waals surface area contributed by atoms with Crippen LogP contribution < -0.4 is 10.7 Å². The van der Waals surface area contributed by atoms with Gasteiger partial charge >= 0.3 is 0 Å². The van der Waals surface area contributed by atoms with Crippen molar-refractivity contribution in [2.75, 3.05) is 12.0 Å². The first-order valence-corrected chi connectivity index (χ1v) is 5.37. The number of amides is 1. The number of hydrogen-bond acceptors (Lipinski definition) is 2. The van der Waals surface area contributed by atoms with Crippen LogP contribution in [0.25, 0.3) is 0 Å². The maximum absolute atomic E-state index is 11.8. The second-order valence-electron chi connectivity index (χ2n) is 4.08. The number of carbonyl (C=O) groups is 1. The lowest BCUT2D eigenvalue weighted by atomic mass is 10.2. The number of hydrogen-bond donors (Lipinski definition) is 2. The quantitative estimate of drug-likeness (QED) is 0.757. The van der Waals surface area contributed by atoms with E-state index in [-0.39, 0.29) is 11.9 Å². The van der Waals surface area contributed by atoms with Crippen molar-refractivity contribution in [1.82, 2.24) is 9.99 Å². The highest BCUT2D eigenvalue weighted by atomic mass is 16.2. The van der Waals surface area contributed by atoms with Gasteiger partial charge in [-0.05, 0) is 45.4 Å². The molecular formula is C11H17N3O. The monoisotopic (exact) mass is 207 g/mol. The van der Waals surface area contributed by atoms with Crippen LogP contribution in [-0.2, 0) is 4.79 Å². The first kappa shape index (κ1) is 10.2. The van der Waals surface area contributed by atoms with Crippen LogP contribution in [0.1, 0.15) is 24.2 Å². The molecule has 0 spiro atoms. The van der Waals surface area contributed by atoms with Crippen molar-refractivity contribution in [3.05, 3.63) is 23.5 Å². The summed E-state index contributed by atoms with van der Waals surface area (Å²) in [5.74, 6) is 0.0647. The van der Waals surface area contributed by atoms with Crippen LogP contribution in [0.3, 0.4) is 0 Å². The average molecular weight is 207 g/mol. The van der Waals surface area contributed by atoms with Gasteiger partial charge in [0.2, 0.25) is 0 Å². The third-order valence-electron chi connectivity index (χ3n) is 2.87. The summed E-state index contributed by atoms with van der Waals surface area (Å²) in [6.45, 7) is 4.91. The summed E-state index contributed by atoms with van der Waals surface area (Å²) >= 11 is 0. The third kappa shape index (κ3) is 2.04. The van der Waals surface area contributed by atoms with Gasteiger partial charge in [0.1, 0.15) is 0 Å². The molecule has 1 aliphatic heterocycles. The van der Waals surface area contributed by atoms with Crippen LogP contribution in [0, 0.1) is 13.8 Å². The molecule has 0 saturated carbocycles.